The number of hydrogen-bond acceptors (Lipinski definition) is 5. The second kappa shape index (κ2) is 8.53. The van der Waals surface area contributed by atoms with E-state index in [9.17, 15) is 18.3 Å². The van der Waals surface area contributed by atoms with E-state index in [0.717, 1.165) is 17.7 Å². The van der Waals surface area contributed by atoms with E-state index in [1.54, 1.807) is 0 Å². The minimum Gasteiger partial charge on any atom is -0.494 e. The molecule has 25 heavy (non-hydrogen) atoms. The first-order valence-corrected chi connectivity index (χ1v) is 10.3. The number of aliphatic hydroxyl groups excluding tert-OH is 1. The number of sulfone groups is 1. The predicted octanol–water partition coefficient (Wildman–Crippen LogP) is 0.817. The monoisotopic (exact) mass is 370 g/mol. The van der Waals surface area contributed by atoms with Crippen LogP contribution >= 0.6 is 0 Å². The van der Waals surface area contributed by atoms with Crippen molar-refractivity contribution in [3.8, 4) is 5.75 Å². The number of carbonyl (C=O) groups is 1. The van der Waals surface area contributed by atoms with Gasteiger partial charge in [0.15, 0.2) is 9.84 Å². The summed E-state index contributed by atoms with van der Waals surface area (Å²) in [6.45, 7) is 3.16. The van der Waals surface area contributed by atoms with E-state index in [0.29, 0.717) is 19.6 Å². The van der Waals surface area contributed by atoms with Crippen molar-refractivity contribution < 1.29 is 23.1 Å². The summed E-state index contributed by atoms with van der Waals surface area (Å²) in [7, 11) is -1.78. The van der Waals surface area contributed by atoms with Crippen molar-refractivity contribution in [1.29, 1.82) is 0 Å². The Balaban J connectivity index is 1.78. The Hall–Kier alpha value is -1.80. The number of likely N-dealkylation sites (N-methyl/N-ethyl adjacent to an activating group) is 1. The van der Waals surface area contributed by atoms with Gasteiger partial charge in [-0.1, -0.05) is 19.1 Å². The number of aliphatic hydroxyl groups is 1. The molecule has 1 heterocycles. The van der Waals surface area contributed by atoms with Gasteiger partial charge >= 0.3 is 6.03 Å². The van der Waals surface area contributed by atoms with Gasteiger partial charge in [0, 0.05) is 13.6 Å². The molecule has 7 nitrogen and oxygen atoms in total. The Kier molecular flexibility index (Phi) is 6.66. The van der Waals surface area contributed by atoms with Crippen LogP contribution in [0.5, 0.6) is 5.75 Å². The fourth-order valence-corrected chi connectivity index (χ4v) is 4.59. The van der Waals surface area contributed by atoms with Crippen molar-refractivity contribution in [1.82, 2.24) is 10.2 Å². The summed E-state index contributed by atoms with van der Waals surface area (Å²) in [5.74, 6) is 0.338. The number of rotatable bonds is 7. The molecule has 1 saturated heterocycles. The van der Waals surface area contributed by atoms with Gasteiger partial charge in [0.2, 0.25) is 0 Å². The Labute approximate surface area is 148 Å². The normalized spacial score (nSPS) is 21.7. The summed E-state index contributed by atoms with van der Waals surface area (Å²) in [5, 5.41) is 12.6. The molecule has 0 spiro atoms. The number of carbonyl (C=O) groups excluding carboxylic acids is 1. The maximum atomic E-state index is 12.1. The maximum Gasteiger partial charge on any atom is 0.317 e. The highest BCUT2D eigenvalue weighted by Crippen LogP contribution is 2.17. The highest BCUT2D eigenvalue weighted by molar-refractivity contribution is 7.91. The smallest absolute Gasteiger partial charge is 0.317 e. The van der Waals surface area contributed by atoms with Crippen LogP contribution in [0.25, 0.3) is 0 Å². The van der Waals surface area contributed by atoms with Gasteiger partial charge < -0.3 is 20.1 Å². The van der Waals surface area contributed by atoms with Crippen molar-refractivity contribution in [2.45, 2.75) is 31.9 Å². The summed E-state index contributed by atoms with van der Waals surface area (Å²) in [5.41, 5.74) is 1.07. The molecule has 2 atom stereocenters. The van der Waals surface area contributed by atoms with E-state index >= 15 is 0 Å². The van der Waals surface area contributed by atoms with Crippen LogP contribution in [-0.4, -0.2) is 68.3 Å². The molecule has 0 unspecified atom stereocenters. The quantitative estimate of drug-likeness (QED) is 0.741. The lowest BCUT2D eigenvalue weighted by Gasteiger charge is -2.26. The third kappa shape index (κ3) is 5.61. The molecule has 0 saturated carbocycles. The number of ether oxygens (including phenoxy) is 1. The molecular formula is C17H26N2O5S. The first-order valence-electron chi connectivity index (χ1n) is 8.43. The van der Waals surface area contributed by atoms with Gasteiger partial charge in [-0.3, -0.25) is 0 Å². The number of hydrogen-bond donors (Lipinski definition) is 2. The van der Waals surface area contributed by atoms with Crippen molar-refractivity contribution in [2.75, 3.05) is 31.7 Å². The molecule has 140 valence electrons. The fraction of sp³-hybridized carbons (Fsp3) is 0.588. The number of benzene rings is 1. The summed E-state index contributed by atoms with van der Waals surface area (Å²) in [4.78, 5) is 13.4. The lowest BCUT2D eigenvalue weighted by molar-refractivity contribution is 0.110. The number of nitrogens with one attached hydrogen (secondary N) is 1. The minimum absolute atomic E-state index is 0.197. The zero-order valence-electron chi connectivity index (χ0n) is 14.6. The van der Waals surface area contributed by atoms with Crippen LogP contribution in [0.3, 0.4) is 0 Å². The average molecular weight is 370 g/mol. The molecule has 0 aromatic heterocycles. The van der Waals surface area contributed by atoms with Gasteiger partial charge in [-0.15, -0.1) is 0 Å². The molecule has 2 amide bonds. The van der Waals surface area contributed by atoms with Crippen molar-refractivity contribution in [2.24, 2.45) is 0 Å². The van der Waals surface area contributed by atoms with Gasteiger partial charge in [-0.2, -0.15) is 0 Å². The Morgan fingerprint density at radius 1 is 1.32 bits per heavy atom. The minimum atomic E-state index is -3.28. The molecule has 2 rings (SSSR count). The van der Waals surface area contributed by atoms with E-state index in [1.165, 1.54) is 11.9 Å². The Morgan fingerprint density at radius 3 is 2.56 bits per heavy atom. The van der Waals surface area contributed by atoms with Gasteiger partial charge in [-0.25, -0.2) is 13.2 Å². The summed E-state index contributed by atoms with van der Waals surface area (Å²) < 4.78 is 28.6. The molecule has 1 aromatic rings. The van der Waals surface area contributed by atoms with Crippen LogP contribution in [0.15, 0.2) is 24.3 Å². The molecule has 1 fully saturated rings. The lowest BCUT2D eigenvalue weighted by atomic mass is 10.1. The van der Waals surface area contributed by atoms with Crippen molar-refractivity contribution in [3.63, 3.8) is 0 Å². The largest absolute Gasteiger partial charge is 0.494 e. The van der Waals surface area contributed by atoms with Gasteiger partial charge in [0.25, 0.3) is 0 Å². The van der Waals surface area contributed by atoms with E-state index < -0.39 is 22.0 Å². The van der Waals surface area contributed by atoms with Crippen LogP contribution in [0.4, 0.5) is 4.79 Å². The second-order valence-corrected chi connectivity index (χ2v) is 8.45. The first kappa shape index (κ1) is 19.5. The molecule has 2 N–H and O–H groups in total. The average Bonchev–Trinajstić information content (AvgIpc) is 2.86. The van der Waals surface area contributed by atoms with Crippen LogP contribution < -0.4 is 10.1 Å². The predicted molar refractivity (Wildman–Crippen MR) is 95.5 cm³/mol. The van der Waals surface area contributed by atoms with Gasteiger partial charge in [0.1, 0.15) is 5.75 Å². The highest BCUT2D eigenvalue weighted by atomic mass is 32.2. The molecule has 1 aromatic carbocycles. The zero-order chi connectivity index (χ0) is 18.4. The van der Waals surface area contributed by atoms with Crippen LogP contribution in [0.1, 0.15) is 18.9 Å². The topological polar surface area (TPSA) is 95.9 Å². The van der Waals surface area contributed by atoms with Crippen LogP contribution in [-0.2, 0) is 16.3 Å². The molecule has 1 aliphatic rings. The summed E-state index contributed by atoms with van der Waals surface area (Å²) in [6.07, 6.45) is 0.577. The molecule has 0 bridgehead atoms. The Morgan fingerprint density at radius 2 is 2.00 bits per heavy atom. The lowest BCUT2D eigenvalue weighted by Crippen LogP contribution is -2.48. The van der Waals surface area contributed by atoms with E-state index in [-0.39, 0.29) is 17.5 Å². The SMILES string of the molecule is CCCOc1ccc(CCNC(=O)N(C)[C@@H]2CS(=O)(=O)C[C@H]2O)cc1. The zero-order valence-corrected chi connectivity index (χ0v) is 15.5. The highest BCUT2D eigenvalue weighted by Gasteiger charge is 2.40. The summed E-state index contributed by atoms with van der Waals surface area (Å²) in [6, 6.07) is 6.63. The summed E-state index contributed by atoms with van der Waals surface area (Å²) >= 11 is 0. The fourth-order valence-electron chi connectivity index (χ4n) is 2.74. The van der Waals surface area contributed by atoms with E-state index in [2.05, 4.69) is 5.32 Å². The second-order valence-electron chi connectivity index (χ2n) is 6.30. The van der Waals surface area contributed by atoms with Gasteiger partial charge in [0.05, 0.1) is 30.3 Å². The van der Waals surface area contributed by atoms with Gasteiger partial charge in [-0.05, 0) is 30.5 Å². The van der Waals surface area contributed by atoms with Crippen LogP contribution in [0, 0.1) is 0 Å². The third-order valence-corrected chi connectivity index (χ3v) is 5.90. The van der Waals surface area contributed by atoms with E-state index in [4.69, 9.17) is 4.74 Å². The molecule has 1 aliphatic heterocycles. The number of amides is 2. The molecule has 0 aliphatic carbocycles. The number of urea groups is 1. The Bertz CT molecular complexity index is 675. The maximum absolute atomic E-state index is 12.1. The van der Waals surface area contributed by atoms with Crippen molar-refractivity contribution >= 4 is 15.9 Å². The van der Waals surface area contributed by atoms with Crippen molar-refractivity contribution in [3.05, 3.63) is 29.8 Å². The number of nitrogens with zero attached hydrogens (tertiary/aromatic N) is 1. The molecule has 8 heteroatoms. The first-order chi connectivity index (χ1) is 11.8. The molecule has 0 radical (unpaired) electrons. The van der Waals surface area contributed by atoms with E-state index in [1.807, 2.05) is 31.2 Å². The van der Waals surface area contributed by atoms with Crippen LogP contribution in [0.2, 0.25) is 0 Å². The standard InChI is InChI=1S/C17H26N2O5S/c1-3-10-24-14-6-4-13(5-7-14)8-9-18-17(21)19(2)15-11-25(22,23)12-16(15)20/h4-7,15-16,20H,3,8-12H2,1-2H3,(H,18,21)/t15-,16-/m1/s1. The third-order valence-electron chi connectivity index (χ3n) is 4.20. The molecular weight excluding hydrogens is 344 g/mol.